The van der Waals surface area contributed by atoms with Crippen molar-refractivity contribution >= 4 is 33.7 Å². The van der Waals surface area contributed by atoms with Crippen molar-refractivity contribution in [2.75, 3.05) is 38.2 Å². The summed E-state index contributed by atoms with van der Waals surface area (Å²) < 4.78 is 50.1. The van der Waals surface area contributed by atoms with Gasteiger partial charge in [0, 0.05) is 24.9 Å². The molecule has 2 aromatic carbocycles. The van der Waals surface area contributed by atoms with Crippen molar-refractivity contribution in [3.63, 3.8) is 0 Å². The van der Waals surface area contributed by atoms with E-state index in [1.165, 1.54) is 34.6 Å². The van der Waals surface area contributed by atoms with Gasteiger partial charge in [-0.1, -0.05) is 18.2 Å². The van der Waals surface area contributed by atoms with Gasteiger partial charge in [0.1, 0.15) is 5.82 Å². The van der Waals surface area contributed by atoms with Gasteiger partial charge in [0.15, 0.2) is 6.61 Å². The third-order valence-electron chi connectivity index (χ3n) is 4.70. The molecule has 0 bridgehead atoms. The molecule has 32 heavy (non-hydrogen) atoms. The molecule has 1 heterocycles. The van der Waals surface area contributed by atoms with E-state index in [1.807, 2.05) is 0 Å². The lowest BCUT2D eigenvalue weighted by Crippen LogP contribution is -2.40. The van der Waals surface area contributed by atoms with Gasteiger partial charge in [-0.3, -0.25) is 4.79 Å². The Balaban J connectivity index is 1.50. The largest absolute Gasteiger partial charge is 0.452 e. The van der Waals surface area contributed by atoms with E-state index in [-0.39, 0.29) is 10.6 Å². The number of anilines is 1. The Morgan fingerprint density at radius 1 is 1.16 bits per heavy atom. The standard InChI is InChI=1S/C22H23FN2O6S/c1-16-2-6-18(14-20(16)23)24-21(26)15-31-22(27)9-5-17-3-7-19(8-4-17)32(28,29)25-10-12-30-13-11-25/h2-9,14H,10-13,15H2,1H3,(H,24,26)/b9-5+. The zero-order valence-corrected chi connectivity index (χ0v) is 18.2. The highest BCUT2D eigenvalue weighted by molar-refractivity contribution is 7.89. The topological polar surface area (TPSA) is 102 Å². The van der Waals surface area contributed by atoms with Crippen molar-refractivity contribution in [2.24, 2.45) is 0 Å². The lowest BCUT2D eigenvalue weighted by atomic mass is 10.2. The Morgan fingerprint density at radius 3 is 2.50 bits per heavy atom. The SMILES string of the molecule is Cc1ccc(NC(=O)COC(=O)/C=C/c2ccc(S(=O)(=O)N3CCOCC3)cc2)cc1F. The first-order chi connectivity index (χ1) is 15.3. The number of esters is 1. The third kappa shape index (κ3) is 6.22. The maximum Gasteiger partial charge on any atom is 0.331 e. The summed E-state index contributed by atoms with van der Waals surface area (Å²) in [5.41, 5.74) is 1.30. The van der Waals surface area contributed by atoms with Gasteiger partial charge in [0.2, 0.25) is 10.0 Å². The number of hydrogen-bond acceptors (Lipinski definition) is 6. The van der Waals surface area contributed by atoms with Crippen LogP contribution in [0.5, 0.6) is 0 Å². The summed E-state index contributed by atoms with van der Waals surface area (Å²) in [6, 6.07) is 10.3. The summed E-state index contributed by atoms with van der Waals surface area (Å²) >= 11 is 0. The molecule has 0 saturated carbocycles. The molecule has 0 spiro atoms. The van der Waals surface area contributed by atoms with Gasteiger partial charge >= 0.3 is 5.97 Å². The van der Waals surface area contributed by atoms with Crippen LogP contribution < -0.4 is 5.32 Å². The zero-order valence-electron chi connectivity index (χ0n) is 17.4. The van der Waals surface area contributed by atoms with Gasteiger partial charge < -0.3 is 14.8 Å². The highest BCUT2D eigenvalue weighted by Crippen LogP contribution is 2.18. The molecule has 170 valence electrons. The number of nitrogens with zero attached hydrogens (tertiary/aromatic N) is 1. The van der Waals surface area contributed by atoms with E-state index >= 15 is 0 Å². The molecule has 8 nitrogen and oxygen atoms in total. The van der Waals surface area contributed by atoms with Crippen molar-refractivity contribution in [1.82, 2.24) is 4.31 Å². The van der Waals surface area contributed by atoms with E-state index in [0.29, 0.717) is 37.4 Å². The lowest BCUT2D eigenvalue weighted by Gasteiger charge is -2.26. The molecule has 0 radical (unpaired) electrons. The molecule has 3 rings (SSSR count). The van der Waals surface area contributed by atoms with Crippen LogP contribution in [0.4, 0.5) is 10.1 Å². The monoisotopic (exact) mass is 462 g/mol. The number of sulfonamides is 1. The molecule has 2 aromatic rings. The molecule has 0 atom stereocenters. The highest BCUT2D eigenvalue weighted by atomic mass is 32.2. The van der Waals surface area contributed by atoms with Crippen LogP contribution >= 0.6 is 0 Å². The molecule has 0 aliphatic carbocycles. The van der Waals surface area contributed by atoms with Crippen LogP contribution in [0.25, 0.3) is 6.08 Å². The number of ether oxygens (including phenoxy) is 2. The van der Waals surface area contributed by atoms with E-state index in [4.69, 9.17) is 9.47 Å². The van der Waals surface area contributed by atoms with E-state index in [2.05, 4.69) is 5.32 Å². The van der Waals surface area contributed by atoms with E-state index < -0.39 is 34.3 Å². The van der Waals surface area contributed by atoms with Crippen molar-refractivity contribution in [3.8, 4) is 0 Å². The fourth-order valence-electron chi connectivity index (χ4n) is 2.90. The highest BCUT2D eigenvalue weighted by Gasteiger charge is 2.25. The van der Waals surface area contributed by atoms with Gasteiger partial charge in [-0.15, -0.1) is 0 Å². The molecule has 1 aliphatic heterocycles. The van der Waals surface area contributed by atoms with Crippen LogP contribution in [-0.4, -0.2) is 57.5 Å². The van der Waals surface area contributed by atoms with Crippen molar-refractivity contribution < 1.29 is 31.9 Å². The number of morpholine rings is 1. The van der Waals surface area contributed by atoms with Gasteiger partial charge in [0.05, 0.1) is 18.1 Å². The van der Waals surface area contributed by atoms with Crippen LogP contribution in [0, 0.1) is 12.7 Å². The molecule has 1 amide bonds. The number of carbonyl (C=O) groups is 2. The first kappa shape index (κ1) is 23.6. The molecule has 1 aliphatic rings. The molecule has 10 heteroatoms. The normalized spacial score (nSPS) is 14.9. The smallest absolute Gasteiger partial charge is 0.331 e. The number of benzene rings is 2. The Morgan fingerprint density at radius 2 is 1.84 bits per heavy atom. The number of amides is 1. The Kier molecular flexibility index (Phi) is 7.73. The lowest BCUT2D eigenvalue weighted by molar-refractivity contribution is -0.142. The minimum atomic E-state index is -3.59. The molecular formula is C22H23FN2O6S. The Bertz CT molecular complexity index is 1110. The summed E-state index contributed by atoms with van der Waals surface area (Å²) in [7, 11) is -3.59. The van der Waals surface area contributed by atoms with Crippen LogP contribution in [0.2, 0.25) is 0 Å². The number of rotatable bonds is 7. The fraction of sp³-hybridized carbons (Fsp3) is 0.273. The van der Waals surface area contributed by atoms with Gasteiger partial charge in [-0.2, -0.15) is 4.31 Å². The Hall–Kier alpha value is -3.08. The first-order valence-electron chi connectivity index (χ1n) is 9.84. The van der Waals surface area contributed by atoms with Gasteiger partial charge in [-0.05, 0) is 48.4 Å². The molecular weight excluding hydrogens is 439 g/mol. The minimum Gasteiger partial charge on any atom is -0.452 e. The number of halogens is 1. The van der Waals surface area contributed by atoms with Crippen molar-refractivity contribution in [1.29, 1.82) is 0 Å². The average Bonchev–Trinajstić information content (AvgIpc) is 2.79. The number of hydrogen-bond donors (Lipinski definition) is 1. The van der Waals surface area contributed by atoms with Crippen LogP contribution in [0.15, 0.2) is 53.4 Å². The number of aryl methyl sites for hydroxylation is 1. The number of nitrogens with one attached hydrogen (secondary N) is 1. The predicted molar refractivity (Wildman–Crippen MR) is 116 cm³/mol. The quantitative estimate of drug-likeness (QED) is 0.501. The second kappa shape index (κ2) is 10.5. The molecule has 1 saturated heterocycles. The van der Waals surface area contributed by atoms with E-state index in [9.17, 15) is 22.4 Å². The molecule has 0 unspecified atom stereocenters. The fourth-order valence-corrected chi connectivity index (χ4v) is 4.31. The first-order valence-corrected chi connectivity index (χ1v) is 11.3. The summed E-state index contributed by atoms with van der Waals surface area (Å²) in [5, 5.41) is 2.44. The second-order valence-corrected chi connectivity index (χ2v) is 8.98. The summed E-state index contributed by atoms with van der Waals surface area (Å²) in [6.45, 7) is 2.41. The van der Waals surface area contributed by atoms with E-state index in [0.717, 1.165) is 6.08 Å². The zero-order chi connectivity index (χ0) is 23.1. The second-order valence-electron chi connectivity index (χ2n) is 7.04. The van der Waals surface area contributed by atoms with Gasteiger partial charge in [-0.25, -0.2) is 17.6 Å². The molecule has 1 fully saturated rings. The van der Waals surface area contributed by atoms with Crippen molar-refractivity contribution in [2.45, 2.75) is 11.8 Å². The van der Waals surface area contributed by atoms with Crippen LogP contribution in [0.3, 0.4) is 0 Å². The average molecular weight is 462 g/mol. The maximum atomic E-state index is 13.5. The van der Waals surface area contributed by atoms with E-state index in [1.54, 1.807) is 25.1 Å². The molecule has 0 aromatic heterocycles. The molecule has 1 N–H and O–H groups in total. The third-order valence-corrected chi connectivity index (χ3v) is 6.61. The summed E-state index contributed by atoms with van der Waals surface area (Å²) in [5.74, 6) is -1.81. The minimum absolute atomic E-state index is 0.156. The number of carbonyl (C=O) groups excluding carboxylic acids is 2. The van der Waals surface area contributed by atoms with Crippen LogP contribution in [0.1, 0.15) is 11.1 Å². The summed E-state index contributed by atoms with van der Waals surface area (Å²) in [6.07, 6.45) is 2.57. The predicted octanol–water partition coefficient (Wildman–Crippen LogP) is 2.35. The van der Waals surface area contributed by atoms with Crippen molar-refractivity contribution in [3.05, 3.63) is 65.5 Å². The maximum absolute atomic E-state index is 13.5. The van der Waals surface area contributed by atoms with Crippen LogP contribution in [-0.2, 0) is 29.1 Å². The van der Waals surface area contributed by atoms with Gasteiger partial charge in [0.25, 0.3) is 5.91 Å². The summed E-state index contributed by atoms with van der Waals surface area (Å²) in [4.78, 5) is 23.8. The Labute approximate surface area is 185 Å².